The van der Waals surface area contributed by atoms with Crippen LogP contribution in [0.3, 0.4) is 0 Å². The second-order valence-corrected chi connectivity index (χ2v) is 13.3. The van der Waals surface area contributed by atoms with E-state index in [9.17, 15) is 9.90 Å². The first-order valence-electron chi connectivity index (χ1n) is 17.0. The number of ether oxygens (including phenoxy) is 1. The minimum atomic E-state index is -0.327. The lowest BCUT2D eigenvalue weighted by atomic mass is 9.85. The van der Waals surface area contributed by atoms with Gasteiger partial charge in [-0.15, -0.1) is 10.2 Å². The molecule has 3 N–H and O–H groups in total. The molecule has 1 saturated heterocycles. The minimum absolute atomic E-state index is 0.0184. The zero-order valence-corrected chi connectivity index (χ0v) is 28.0. The molecule has 2 aliphatic rings. The molecule has 2 amide bonds. The maximum atomic E-state index is 13.5. The van der Waals surface area contributed by atoms with Gasteiger partial charge in [0.15, 0.2) is 11.5 Å². The van der Waals surface area contributed by atoms with E-state index in [1.165, 1.54) is 6.42 Å². The summed E-state index contributed by atoms with van der Waals surface area (Å²) in [6.07, 6.45) is 8.56. The number of hydrogen-bond acceptors (Lipinski definition) is 8. The van der Waals surface area contributed by atoms with Gasteiger partial charge in [-0.25, -0.2) is 4.79 Å². The van der Waals surface area contributed by atoms with Crippen molar-refractivity contribution in [3.63, 3.8) is 0 Å². The molecule has 1 fully saturated rings. The highest BCUT2D eigenvalue weighted by Crippen LogP contribution is 2.39. The van der Waals surface area contributed by atoms with Crippen molar-refractivity contribution in [2.45, 2.75) is 96.5 Å². The van der Waals surface area contributed by atoms with E-state index in [1.807, 2.05) is 47.0 Å². The van der Waals surface area contributed by atoms with Gasteiger partial charge in [0.05, 0.1) is 31.1 Å². The fraction of sp³-hybridized carbons (Fsp3) is 0.457. The van der Waals surface area contributed by atoms with E-state index in [-0.39, 0.29) is 30.7 Å². The Bertz CT molecular complexity index is 1880. The maximum Gasteiger partial charge on any atom is 0.320 e. The molecule has 4 atom stereocenters. The number of hydrogen-bond donors (Lipinski definition) is 3. The number of carbonyl (C=O) groups excluding carboxylic acids is 1. The Balaban J connectivity index is 1.08. The standard InChI is InChI=1S/C35H44N10O3/c1-22(2)29-20-33(45(40-29)32-16-17-42(41-32)18-19-46)37-34(47)36-28-13-14-30(27-11-6-5-10-26(27)28)48-25-12-15-31-38-39-35(43(31)21-25)44-23(3)8-7-9-24(44)4/h5-6,10-12,15-17,20-24,28,30,46H,7-9,13-14,18-19H2,1-4H3,(H2,36,37,47)/t23-,24?,28+,30?/m1/s1. The monoisotopic (exact) mass is 652 g/mol. The van der Waals surface area contributed by atoms with Gasteiger partial charge in [0.2, 0.25) is 5.95 Å². The number of piperidine rings is 1. The molecular formula is C35H44N10O3. The molecule has 1 aliphatic heterocycles. The number of carbonyl (C=O) groups is 1. The number of nitrogens with one attached hydrogen (secondary N) is 2. The van der Waals surface area contributed by atoms with Crippen LogP contribution in [-0.2, 0) is 6.54 Å². The summed E-state index contributed by atoms with van der Waals surface area (Å²) < 4.78 is 12.0. The van der Waals surface area contributed by atoms with Crippen LogP contribution in [0.1, 0.15) is 94.7 Å². The number of rotatable bonds is 9. The fourth-order valence-electron chi connectivity index (χ4n) is 7.05. The Morgan fingerprint density at radius 2 is 1.79 bits per heavy atom. The van der Waals surface area contributed by atoms with Crippen LogP contribution in [0.15, 0.2) is 60.9 Å². The van der Waals surface area contributed by atoms with Crippen molar-refractivity contribution in [1.29, 1.82) is 0 Å². The molecule has 7 rings (SSSR count). The quantitative estimate of drug-likeness (QED) is 0.182. The van der Waals surface area contributed by atoms with Crippen molar-refractivity contribution in [2.75, 3.05) is 16.8 Å². The van der Waals surface area contributed by atoms with Crippen molar-refractivity contribution in [3.05, 3.63) is 77.7 Å². The van der Waals surface area contributed by atoms with Crippen molar-refractivity contribution in [2.24, 2.45) is 0 Å². The summed E-state index contributed by atoms with van der Waals surface area (Å²) >= 11 is 0. The molecule has 0 radical (unpaired) electrons. The van der Waals surface area contributed by atoms with E-state index in [2.05, 4.69) is 70.7 Å². The molecule has 2 unspecified atom stereocenters. The van der Waals surface area contributed by atoms with Crippen molar-refractivity contribution >= 4 is 23.4 Å². The molecule has 1 aromatic carbocycles. The molecule has 0 bridgehead atoms. The van der Waals surface area contributed by atoms with Crippen molar-refractivity contribution in [3.8, 4) is 11.6 Å². The Labute approximate surface area is 279 Å². The number of nitrogens with zero attached hydrogens (tertiary/aromatic N) is 8. The normalized spacial score (nSPS) is 21.0. The summed E-state index contributed by atoms with van der Waals surface area (Å²) in [7, 11) is 0. The number of fused-ring (bicyclic) bond motifs is 2. The minimum Gasteiger partial charge on any atom is -0.484 e. The lowest BCUT2D eigenvalue weighted by Crippen LogP contribution is -2.44. The van der Waals surface area contributed by atoms with Crippen LogP contribution in [0, 0.1) is 0 Å². The van der Waals surface area contributed by atoms with Crippen molar-refractivity contribution in [1.82, 2.24) is 39.5 Å². The van der Waals surface area contributed by atoms with Crippen LogP contribution in [0.2, 0.25) is 0 Å². The number of aliphatic hydroxyl groups is 1. The first kappa shape index (κ1) is 31.7. The van der Waals surface area contributed by atoms with E-state index < -0.39 is 0 Å². The van der Waals surface area contributed by atoms with Gasteiger partial charge in [0.25, 0.3) is 0 Å². The number of urea groups is 1. The average Bonchev–Trinajstić information content (AvgIpc) is 3.81. The van der Waals surface area contributed by atoms with Gasteiger partial charge in [0, 0.05) is 30.4 Å². The van der Waals surface area contributed by atoms with Gasteiger partial charge in [-0.3, -0.25) is 14.4 Å². The zero-order valence-electron chi connectivity index (χ0n) is 28.0. The molecule has 1 aliphatic carbocycles. The summed E-state index contributed by atoms with van der Waals surface area (Å²) in [6, 6.07) is 16.0. The van der Waals surface area contributed by atoms with Gasteiger partial charge >= 0.3 is 6.03 Å². The number of amides is 2. The van der Waals surface area contributed by atoms with E-state index >= 15 is 0 Å². The molecule has 5 aromatic rings. The van der Waals surface area contributed by atoms with Crippen LogP contribution in [0.4, 0.5) is 16.6 Å². The van der Waals surface area contributed by atoms with E-state index in [1.54, 1.807) is 15.6 Å². The summed E-state index contributed by atoms with van der Waals surface area (Å²) in [6.45, 7) is 8.98. The number of benzene rings is 1. The zero-order chi connectivity index (χ0) is 33.4. The maximum absolute atomic E-state index is 13.5. The molecular weight excluding hydrogens is 608 g/mol. The molecule has 13 heteroatoms. The summed E-state index contributed by atoms with van der Waals surface area (Å²) in [4.78, 5) is 15.8. The van der Waals surface area contributed by atoms with Gasteiger partial charge in [-0.1, -0.05) is 38.1 Å². The number of aliphatic hydroxyl groups excluding tert-OH is 1. The number of pyridine rings is 1. The summed E-state index contributed by atoms with van der Waals surface area (Å²) in [5.41, 5.74) is 3.71. The van der Waals surface area contributed by atoms with Crippen LogP contribution < -0.4 is 20.3 Å². The first-order valence-corrected chi connectivity index (χ1v) is 17.0. The molecule has 5 heterocycles. The first-order chi connectivity index (χ1) is 23.3. The smallest absolute Gasteiger partial charge is 0.320 e. The summed E-state index contributed by atoms with van der Waals surface area (Å²) in [5, 5.41) is 33.7. The van der Waals surface area contributed by atoms with Gasteiger partial charge in [0.1, 0.15) is 17.7 Å². The van der Waals surface area contributed by atoms with E-state index in [0.717, 1.165) is 53.4 Å². The summed E-state index contributed by atoms with van der Waals surface area (Å²) in [5.74, 6) is 2.85. The largest absolute Gasteiger partial charge is 0.484 e. The molecule has 0 spiro atoms. The third-order valence-electron chi connectivity index (χ3n) is 9.54. The average molecular weight is 653 g/mol. The Morgan fingerprint density at radius 3 is 2.56 bits per heavy atom. The molecule has 48 heavy (non-hydrogen) atoms. The van der Waals surface area contributed by atoms with Crippen molar-refractivity contribution < 1.29 is 14.6 Å². The Hall–Kier alpha value is -4.91. The van der Waals surface area contributed by atoms with Crippen LogP contribution >= 0.6 is 0 Å². The predicted molar refractivity (Wildman–Crippen MR) is 183 cm³/mol. The van der Waals surface area contributed by atoms with Gasteiger partial charge < -0.3 is 20.1 Å². The van der Waals surface area contributed by atoms with Gasteiger partial charge in [-0.05, 0) is 75.1 Å². The third-order valence-corrected chi connectivity index (χ3v) is 9.54. The number of aromatic nitrogens is 7. The van der Waals surface area contributed by atoms with Gasteiger partial charge in [-0.2, -0.15) is 14.9 Å². The van der Waals surface area contributed by atoms with Crippen LogP contribution in [0.25, 0.3) is 11.5 Å². The highest BCUT2D eigenvalue weighted by molar-refractivity contribution is 5.89. The lowest BCUT2D eigenvalue weighted by Gasteiger charge is -2.39. The second kappa shape index (κ2) is 13.3. The predicted octanol–water partition coefficient (Wildman–Crippen LogP) is 5.77. The van der Waals surface area contributed by atoms with E-state index in [0.29, 0.717) is 36.7 Å². The number of anilines is 2. The second-order valence-electron chi connectivity index (χ2n) is 13.3. The highest BCUT2D eigenvalue weighted by Gasteiger charge is 2.31. The Morgan fingerprint density at radius 1 is 1.00 bits per heavy atom. The highest BCUT2D eigenvalue weighted by atomic mass is 16.5. The van der Waals surface area contributed by atoms with Crippen LogP contribution in [-0.4, -0.2) is 64.0 Å². The third kappa shape index (κ3) is 6.21. The molecule has 0 saturated carbocycles. The van der Waals surface area contributed by atoms with Crippen LogP contribution in [0.5, 0.6) is 5.75 Å². The lowest BCUT2D eigenvalue weighted by molar-refractivity contribution is 0.171. The van der Waals surface area contributed by atoms with E-state index in [4.69, 9.17) is 9.84 Å². The Kier molecular flexibility index (Phi) is 8.78. The molecule has 4 aromatic heterocycles. The topological polar surface area (TPSA) is 140 Å². The molecule has 13 nitrogen and oxygen atoms in total. The molecule has 252 valence electrons. The fourth-order valence-corrected chi connectivity index (χ4v) is 7.05. The SMILES string of the molecule is CC(C)c1cc(NC(=O)N[C@H]2CCC(Oc3ccc4nnc(N5C(C)CCC[C@H]5C)n4c3)c3ccccc32)n(-c2ccn(CCO)n2)n1.